The summed E-state index contributed by atoms with van der Waals surface area (Å²) in [6.45, 7) is 2.25. The van der Waals surface area contributed by atoms with Crippen molar-refractivity contribution in [3.8, 4) is 0 Å². The van der Waals surface area contributed by atoms with Gasteiger partial charge in [0, 0.05) is 18.8 Å². The van der Waals surface area contributed by atoms with E-state index in [1.54, 1.807) is 0 Å². The Morgan fingerprint density at radius 3 is 3.00 bits per heavy atom. The molecule has 1 heterocycles. The quantitative estimate of drug-likeness (QED) is 0.793. The molecule has 88 valence electrons. The average Bonchev–Trinajstić information content (AvgIpc) is 2.32. The van der Waals surface area contributed by atoms with Gasteiger partial charge in [-0.3, -0.25) is 0 Å². The van der Waals surface area contributed by atoms with Crippen LogP contribution in [-0.2, 0) is 6.42 Å². The lowest BCUT2D eigenvalue weighted by atomic mass is 9.94. The topological polar surface area (TPSA) is 49.5 Å². The Labute approximate surface area is 96.9 Å². The molecule has 0 bridgehead atoms. The molecule has 1 aromatic rings. The van der Waals surface area contributed by atoms with Crippen molar-refractivity contribution in [3.05, 3.63) is 29.3 Å². The van der Waals surface area contributed by atoms with E-state index in [0.717, 1.165) is 12.0 Å². The molecule has 3 heteroatoms. The van der Waals surface area contributed by atoms with Crippen molar-refractivity contribution in [1.29, 1.82) is 0 Å². The second-order valence-electron chi connectivity index (χ2n) is 4.68. The molecule has 1 unspecified atom stereocenters. The molecule has 0 fully saturated rings. The highest BCUT2D eigenvalue weighted by atomic mass is 16.3. The second kappa shape index (κ2) is 4.44. The van der Waals surface area contributed by atoms with Crippen molar-refractivity contribution >= 4 is 5.69 Å². The van der Waals surface area contributed by atoms with Crippen LogP contribution in [0.5, 0.6) is 0 Å². The van der Waals surface area contributed by atoms with Crippen LogP contribution in [0.4, 0.5) is 5.69 Å². The predicted octanol–water partition coefficient (Wildman–Crippen LogP) is 1.45. The third-order valence-electron chi connectivity index (χ3n) is 3.60. The maximum Gasteiger partial charge on any atom is 0.0624 e. The number of anilines is 1. The summed E-state index contributed by atoms with van der Waals surface area (Å²) < 4.78 is 0. The minimum Gasteiger partial charge on any atom is -0.394 e. The fraction of sp³-hybridized carbons (Fsp3) is 0.538. The van der Waals surface area contributed by atoms with Gasteiger partial charge in [-0.15, -0.1) is 0 Å². The van der Waals surface area contributed by atoms with Crippen LogP contribution in [0.1, 0.15) is 30.5 Å². The zero-order valence-electron chi connectivity index (χ0n) is 9.98. The number of fused-ring (bicyclic) bond motifs is 1. The van der Waals surface area contributed by atoms with Gasteiger partial charge in [0.05, 0.1) is 12.6 Å². The summed E-state index contributed by atoms with van der Waals surface area (Å²) in [6, 6.07) is 6.63. The summed E-state index contributed by atoms with van der Waals surface area (Å²) >= 11 is 0. The van der Waals surface area contributed by atoms with Gasteiger partial charge in [0.1, 0.15) is 0 Å². The summed E-state index contributed by atoms with van der Waals surface area (Å²) in [6.07, 6.45) is 2.29. The minimum absolute atomic E-state index is 0.00499. The molecule has 0 aliphatic carbocycles. The van der Waals surface area contributed by atoms with Crippen LogP contribution in [0.3, 0.4) is 0 Å². The van der Waals surface area contributed by atoms with Gasteiger partial charge in [-0.1, -0.05) is 12.1 Å². The molecule has 2 atom stereocenters. The minimum atomic E-state index is -0.255. The number of aliphatic hydroxyl groups is 1. The van der Waals surface area contributed by atoms with Crippen LogP contribution in [0.25, 0.3) is 0 Å². The number of aryl methyl sites for hydroxylation is 1. The first-order valence-corrected chi connectivity index (χ1v) is 5.85. The molecule has 0 saturated heterocycles. The molecule has 0 amide bonds. The Morgan fingerprint density at radius 1 is 1.56 bits per heavy atom. The van der Waals surface area contributed by atoms with Crippen LogP contribution in [-0.4, -0.2) is 24.8 Å². The molecule has 3 N–H and O–H groups in total. The maximum atomic E-state index is 9.05. The Morgan fingerprint density at radius 2 is 2.31 bits per heavy atom. The summed E-state index contributed by atoms with van der Waals surface area (Å²) in [7, 11) is 2.13. The Bertz CT molecular complexity index is 378. The molecule has 0 spiro atoms. The van der Waals surface area contributed by atoms with E-state index in [2.05, 4.69) is 31.0 Å². The Kier molecular flexibility index (Phi) is 3.17. The predicted molar refractivity (Wildman–Crippen MR) is 66.6 cm³/mol. The third kappa shape index (κ3) is 1.93. The number of benzene rings is 1. The van der Waals surface area contributed by atoms with Gasteiger partial charge in [-0.05, 0) is 37.0 Å². The average molecular weight is 220 g/mol. The first kappa shape index (κ1) is 11.4. The largest absolute Gasteiger partial charge is 0.394 e. The molecule has 1 aliphatic heterocycles. The molecule has 0 aromatic heterocycles. The smallest absolute Gasteiger partial charge is 0.0624 e. The number of nitrogens with two attached hydrogens (primary N) is 1. The first-order chi connectivity index (χ1) is 7.63. The molecule has 1 aliphatic rings. The summed E-state index contributed by atoms with van der Waals surface area (Å²) in [5.74, 6) is 0. The number of rotatable bonds is 2. The summed E-state index contributed by atoms with van der Waals surface area (Å²) in [5.41, 5.74) is 9.51. The van der Waals surface area contributed by atoms with Gasteiger partial charge < -0.3 is 15.7 Å². The lowest BCUT2D eigenvalue weighted by molar-refractivity contribution is 0.268. The monoisotopic (exact) mass is 220 g/mol. The van der Waals surface area contributed by atoms with Crippen molar-refractivity contribution in [2.75, 3.05) is 18.6 Å². The molecule has 16 heavy (non-hydrogen) atoms. The van der Waals surface area contributed by atoms with Gasteiger partial charge >= 0.3 is 0 Å². The molecule has 1 aromatic carbocycles. The number of hydrogen-bond acceptors (Lipinski definition) is 3. The van der Waals surface area contributed by atoms with E-state index >= 15 is 0 Å². The second-order valence-corrected chi connectivity index (χ2v) is 4.68. The highest BCUT2D eigenvalue weighted by molar-refractivity contribution is 5.57. The fourth-order valence-electron chi connectivity index (χ4n) is 2.28. The van der Waals surface area contributed by atoms with E-state index in [0.29, 0.717) is 6.04 Å². The number of hydrogen-bond donors (Lipinski definition) is 2. The van der Waals surface area contributed by atoms with E-state index in [1.807, 2.05) is 6.07 Å². The van der Waals surface area contributed by atoms with Gasteiger partial charge in [-0.2, -0.15) is 0 Å². The van der Waals surface area contributed by atoms with Gasteiger partial charge in [-0.25, -0.2) is 0 Å². The van der Waals surface area contributed by atoms with Crippen molar-refractivity contribution in [1.82, 2.24) is 0 Å². The van der Waals surface area contributed by atoms with Crippen LogP contribution >= 0.6 is 0 Å². The Hall–Kier alpha value is -1.06. The highest BCUT2D eigenvalue weighted by Crippen LogP contribution is 2.31. The zero-order chi connectivity index (χ0) is 11.7. The van der Waals surface area contributed by atoms with Gasteiger partial charge in [0.25, 0.3) is 0 Å². The van der Waals surface area contributed by atoms with Crippen molar-refractivity contribution in [3.63, 3.8) is 0 Å². The normalized spacial score (nSPS) is 21.8. The van der Waals surface area contributed by atoms with Crippen LogP contribution in [0, 0.1) is 0 Å². The highest BCUT2D eigenvalue weighted by Gasteiger charge is 2.20. The lowest BCUT2D eigenvalue weighted by Crippen LogP contribution is -2.33. The van der Waals surface area contributed by atoms with Crippen LogP contribution in [0.15, 0.2) is 18.2 Å². The summed E-state index contributed by atoms with van der Waals surface area (Å²) in [4.78, 5) is 2.31. The molecule has 0 saturated carbocycles. The molecule has 3 nitrogen and oxygen atoms in total. The van der Waals surface area contributed by atoms with E-state index < -0.39 is 0 Å². The van der Waals surface area contributed by atoms with E-state index in [4.69, 9.17) is 10.8 Å². The third-order valence-corrected chi connectivity index (χ3v) is 3.60. The fourth-order valence-corrected chi connectivity index (χ4v) is 2.28. The Balaban J connectivity index is 2.33. The molecule has 2 rings (SSSR count). The van der Waals surface area contributed by atoms with Crippen molar-refractivity contribution in [2.24, 2.45) is 5.73 Å². The molecular formula is C13H20N2O. The van der Waals surface area contributed by atoms with Gasteiger partial charge in [0.15, 0.2) is 0 Å². The maximum absolute atomic E-state index is 9.05. The van der Waals surface area contributed by atoms with E-state index in [-0.39, 0.29) is 12.6 Å². The van der Waals surface area contributed by atoms with E-state index in [9.17, 15) is 0 Å². The number of nitrogens with zero attached hydrogens (tertiary/aromatic N) is 1. The van der Waals surface area contributed by atoms with Crippen molar-refractivity contribution in [2.45, 2.75) is 31.8 Å². The molecule has 0 radical (unpaired) electrons. The van der Waals surface area contributed by atoms with Crippen LogP contribution in [0.2, 0.25) is 0 Å². The lowest BCUT2D eigenvalue weighted by Gasteiger charge is -2.34. The zero-order valence-corrected chi connectivity index (χ0v) is 9.98. The first-order valence-electron chi connectivity index (χ1n) is 5.85. The SMILES string of the molecule is CC1CCc2cc([C@@H](N)CO)ccc2N1C. The summed E-state index contributed by atoms with van der Waals surface area (Å²) in [5, 5.41) is 9.05. The van der Waals surface area contributed by atoms with Crippen molar-refractivity contribution < 1.29 is 5.11 Å². The number of aliphatic hydroxyl groups excluding tert-OH is 1. The van der Waals surface area contributed by atoms with Crippen LogP contribution < -0.4 is 10.6 Å². The molecular weight excluding hydrogens is 200 g/mol. The van der Waals surface area contributed by atoms with E-state index in [1.165, 1.54) is 17.7 Å². The standard InChI is InChI=1S/C13H20N2O/c1-9-3-4-11-7-10(12(14)8-16)5-6-13(11)15(9)2/h5-7,9,12,16H,3-4,8,14H2,1-2H3/t9?,12-/m0/s1. The van der Waals surface area contributed by atoms with Gasteiger partial charge in [0.2, 0.25) is 0 Å².